The predicted molar refractivity (Wildman–Crippen MR) is 82.7 cm³/mol. The SMILES string of the molecule is O=C(Nc1ccc2c(c1)CCN2)c1ccc2cn[nH]c2c1. The summed E-state index contributed by atoms with van der Waals surface area (Å²) < 4.78 is 0. The molecule has 0 aliphatic carbocycles. The number of aromatic nitrogens is 2. The second-order valence-electron chi connectivity index (χ2n) is 5.17. The highest BCUT2D eigenvalue weighted by molar-refractivity contribution is 6.06. The highest BCUT2D eigenvalue weighted by Crippen LogP contribution is 2.25. The number of aromatic amines is 1. The van der Waals surface area contributed by atoms with E-state index in [4.69, 9.17) is 0 Å². The van der Waals surface area contributed by atoms with E-state index in [1.54, 1.807) is 6.20 Å². The van der Waals surface area contributed by atoms with Gasteiger partial charge in [0.2, 0.25) is 0 Å². The van der Waals surface area contributed by atoms with Crippen LogP contribution in [0.4, 0.5) is 11.4 Å². The van der Waals surface area contributed by atoms with Crippen molar-refractivity contribution < 1.29 is 4.79 Å². The molecule has 2 heterocycles. The maximum Gasteiger partial charge on any atom is 0.255 e. The molecule has 21 heavy (non-hydrogen) atoms. The van der Waals surface area contributed by atoms with Crippen molar-refractivity contribution in [2.75, 3.05) is 17.2 Å². The van der Waals surface area contributed by atoms with Crippen LogP contribution in [-0.4, -0.2) is 22.6 Å². The topological polar surface area (TPSA) is 69.8 Å². The second-order valence-corrected chi connectivity index (χ2v) is 5.17. The molecule has 5 heteroatoms. The summed E-state index contributed by atoms with van der Waals surface area (Å²) in [7, 11) is 0. The van der Waals surface area contributed by atoms with E-state index in [9.17, 15) is 4.79 Å². The van der Waals surface area contributed by atoms with Crippen LogP contribution in [0.25, 0.3) is 10.9 Å². The number of benzene rings is 2. The molecule has 1 aromatic heterocycles. The molecule has 1 amide bonds. The third-order valence-corrected chi connectivity index (χ3v) is 3.78. The number of nitrogens with one attached hydrogen (secondary N) is 3. The first kappa shape index (κ1) is 12.0. The van der Waals surface area contributed by atoms with Crippen LogP contribution in [0, 0.1) is 0 Å². The number of carbonyl (C=O) groups excluding carboxylic acids is 1. The van der Waals surface area contributed by atoms with Crippen molar-refractivity contribution in [1.29, 1.82) is 0 Å². The molecule has 4 rings (SSSR count). The molecule has 0 fully saturated rings. The van der Waals surface area contributed by atoms with Crippen LogP contribution in [0.2, 0.25) is 0 Å². The lowest BCUT2D eigenvalue weighted by Crippen LogP contribution is -2.11. The highest BCUT2D eigenvalue weighted by Gasteiger charge is 2.12. The van der Waals surface area contributed by atoms with Crippen LogP contribution in [0.15, 0.2) is 42.6 Å². The van der Waals surface area contributed by atoms with Crippen LogP contribution in [-0.2, 0) is 6.42 Å². The first-order chi connectivity index (χ1) is 10.3. The molecule has 3 N–H and O–H groups in total. The molecule has 1 aliphatic heterocycles. The van der Waals surface area contributed by atoms with E-state index in [2.05, 4.69) is 20.8 Å². The minimum Gasteiger partial charge on any atom is -0.384 e. The summed E-state index contributed by atoms with van der Waals surface area (Å²) in [6, 6.07) is 11.5. The maximum atomic E-state index is 12.3. The summed E-state index contributed by atoms with van der Waals surface area (Å²) >= 11 is 0. The normalized spacial score (nSPS) is 13.0. The largest absolute Gasteiger partial charge is 0.384 e. The van der Waals surface area contributed by atoms with E-state index in [0.29, 0.717) is 5.56 Å². The van der Waals surface area contributed by atoms with Crippen molar-refractivity contribution >= 4 is 28.2 Å². The number of nitrogens with zero attached hydrogens (tertiary/aromatic N) is 1. The van der Waals surface area contributed by atoms with Gasteiger partial charge in [-0.2, -0.15) is 5.10 Å². The smallest absolute Gasteiger partial charge is 0.255 e. The van der Waals surface area contributed by atoms with E-state index in [1.807, 2.05) is 36.4 Å². The molecule has 0 spiro atoms. The van der Waals surface area contributed by atoms with Crippen molar-refractivity contribution in [2.24, 2.45) is 0 Å². The zero-order chi connectivity index (χ0) is 14.2. The van der Waals surface area contributed by atoms with Crippen LogP contribution in [0.5, 0.6) is 0 Å². The van der Waals surface area contributed by atoms with Gasteiger partial charge in [-0.15, -0.1) is 0 Å². The number of amides is 1. The summed E-state index contributed by atoms with van der Waals surface area (Å²) in [6.07, 6.45) is 2.74. The van der Waals surface area contributed by atoms with Crippen LogP contribution in [0.1, 0.15) is 15.9 Å². The van der Waals surface area contributed by atoms with E-state index in [1.165, 1.54) is 5.56 Å². The lowest BCUT2D eigenvalue weighted by atomic mass is 10.1. The lowest BCUT2D eigenvalue weighted by molar-refractivity contribution is 0.102. The number of carbonyl (C=O) groups is 1. The zero-order valence-corrected chi connectivity index (χ0v) is 11.3. The standard InChI is InChI=1S/C16H14N4O/c21-16(11-1-2-12-9-18-20-15(12)8-11)19-13-3-4-14-10(7-13)5-6-17-14/h1-4,7-9,17H,5-6H2,(H,18,20)(H,19,21). The average Bonchev–Trinajstić information content (AvgIpc) is 3.14. The third kappa shape index (κ3) is 2.12. The Morgan fingerprint density at radius 1 is 1.19 bits per heavy atom. The fourth-order valence-corrected chi connectivity index (χ4v) is 2.66. The molecule has 0 radical (unpaired) electrons. The van der Waals surface area contributed by atoms with E-state index in [-0.39, 0.29) is 5.91 Å². The number of anilines is 2. The predicted octanol–water partition coefficient (Wildman–Crippen LogP) is 2.78. The van der Waals surface area contributed by atoms with Gasteiger partial charge in [-0.25, -0.2) is 0 Å². The van der Waals surface area contributed by atoms with Crippen LogP contribution < -0.4 is 10.6 Å². The molecule has 2 aromatic carbocycles. The fourth-order valence-electron chi connectivity index (χ4n) is 2.66. The van der Waals surface area contributed by atoms with E-state index < -0.39 is 0 Å². The molecule has 5 nitrogen and oxygen atoms in total. The molecule has 0 bridgehead atoms. The van der Waals surface area contributed by atoms with Gasteiger partial charge in [-0.1, -0.05) is 6.07 Å². The Hall–Kier alpha value is -2.82. The molecule has 104 valence electrons. The molecular formula is C16H14N4O. The molecule has 0 saturated heterocycles. The lowest BCUT2D eigenvalue weighted by Gasteiger charge is -2.07. The zero-order valence-electron chi connectivity index (χ0n) is 11.3. The van der Waals surface area contributed by atoms with Crippen molar-refractivity contribution in [3.05, 3.63) is 53.7 Å². The van der Waals surface area contributed by atoms with Crippen molar-refractivity contribution in [1.82, 2.24) is 10.2 Å². The van der Waals surface area contributed by atoms with Gasteiger partial charge in [0.1, 0.15) is 0 Å². The van der Waals surface area contributed by atoms with Gasteiger partial charge < -0.3 is 10.6 Å². The molecule has 0 atom stereocenters. The Labute approximate surface area is 121 Å². The quantitative estimate of drug-likeness (QED) is 0.675. The highest BCUT2D eigenvalue weighted by atomic mass is 16.1. The van der Waals surface area contributed by atoms with Gasteiger partial charge in [0.25, 0.3) is 5.91 Å². The van der Waals surface area contributed by atoms with Gasteiger partial charge >= 0.3 is 0 Å². The Morgan fingerprint density at radius 3 is 3.10 bits per heavy atom. The number of fused-ring (bicyclic) bond motifs is 2. The summed E-state index contributed by atoms with van der Waals surface area (Å²) in [5, 5.41) is 14.1. The first-order valence-electron chi connectivity index (χ1n) is 6.91. The number of rotatable bonds is 2. The molecule has 1 aliphatic rings. The van der Waals surface area contributed by atoms with Gasteiger partial charge in [0.15, 0.2) is 0 Å². The van der Waals surface area contributed by atoms with E-state index in [0.717, 1.165) is 35.2 Å². The van der Waals surface area contributed by atoms with Crippen molar-refractivity contribution in [3.8, 4) is 0 Å². The summed E-state index contributed by atoms with van der Waals surface area (Å²) in [6.45, 7) is 0.962. The van der Waals surface area contributed by atoms with Crippen molar-refractivity contribution in [2.45, 2.75) is 6.42 Å². The monoisotopic (exact) mass is 278 g/mol. The molecule has 0 saturated carbocycles. The average molecular weight is 278 g/mol. The summed E-state index contributed by atoms with van der Waals surface area (Å²) in [5.41, 5.74) is 4.71. The van der Waals surface area contributed by atoms with Crippen molar-refractivity contribution in [3.63, 3.8) is 0 Å². The molecule has 3 aromatic rings. The van der Waals surface area contributed by atoms with Gasteiger partial charge in [0, 0.05) is 28.9 Å². The number of H-pyrrole nitrogens is 1. The first-order valence-corrected chi connectivity index (χ1v) is 6.91. The maximum absolute atomic E-state index is 12.3. The number of hydrogen-bond acceptors (Lipinski definition) is 3. The minimum atomic E-state index is -0.114. The third-order valence-electron chi connectivity index (χ3n) is 3.78. The second kappa shape index (κ2) is 4.63. The summed E-state index contributed by atoms with van der Waals surface area (Å²) in [4.78, 5) is 12.3. The fraction of sp³-hybridized carbons (Fsp3) is 0.125. The van der Waals surface area contributed by atoms with Gasteiger partial charge in [-0.3, -0.25) is 9.89 Å². The van der Waals surface area contributed by atoms with Crippen LogP contribution in [0.3, 0.4) is 0 Å². The Kier molecular flexibility index (Phi) is 2.64. The Morgan fingerprint density at radius 2 is 2.14 bits per heavy atom. The van der Waals surface area contributed by atoms with Crippen LogP contribution >= 0.6 is 0 Å². The Balaban J connectivity index is 1.60. The van der Waals surface area contributed by atoms with E-state index >= 15 is 0 Å². The molecular weight excluding hydrogens is 264 g/mol. The van der Waals surface area contributed by atoms with Gasteiger partial charge in [-0.05, 0) is 42.3 Å². The Bertz CT molecular complexity index is 837. The van der Waals surface area contributed by atoms with Gasteiger partial charge in [0.05, 0.1) is 11.7 Å². The minimum absolute atomic E-state index is 0.114. The number of hydrogen-bond donors (Lipinski definition) is 3. The summed E-state index contributed by atoms with van der Waals surface area (Å²) in [5.74, 6) is -0.114. The molecule has 0 unspecified atom stereocenters.